The van der Waals surface area contributed by atoms with Crippen molar-refractivity contribution < 1.29 is 14.0 Å². The lowest BCUT2D eigenvalue weighted by Crippen LogP contribution is -2.34. The molecule has 0 spiro atoms. The quantitative estimate of drug-likeness (QED) is 0.652. The molecule has 1 heterocycles. The summed E-state index contributed by atoms with van der Waals surface area (Å²) in [7, 11) is 0. The van der Waals surface area contributed by atoms with Crippen LogP contribution in [0, 0.1) is 13.8 Å². The number of amides is 2. The highest BCUT2D eigenvalue weighted by atomic mass is 32.2. The maximum absolute atomic E-state index is 12.0. The number of fused-ring (bicyclic) bond motifs is 1. The molecule has 0 radical (unpaired) electrons. The first-order valence-electron chi connectivity index (χ1n) is 8.14. The molecule has 0 unspecified atom stereocenters. The van der Waals surface area contributed by atoms with Crippen molar-refractivity contribution in [3.8, 4) is 0 Å². The molecule has 0 aliphatic carbocycles. The number of carbonyl (C=O) groups excluding carboxylic acids is 2. The van der Waals surface area contributed by atoms with Crippen molar-refractivity contribution >= 4 is 40.4 Å². The van der Waals surface area contributed by atoms with E-state index in [1.54, 1.807) is 0 Å². The minimum Gasteiger partial charge on any atom is -0.431 e. The summed E-state index contributed by atoms with van der Waals surface area (Å²) in [5.41, 5.74) is 4.30. The number of carbonyl (C=O) groups is 2. The van der Waals surface area contributed by atoms with E-state index in [0.29, 0.717) is 10.8 Å². The third-order valence-corrected chi connectivity index (χ3v) is 4.75. The largest absolute Gasteiger partial charge is 0.431 e. The fourth-order valence-corrected chi connectivity index (χ4v) is 3.02. The molecule has 0 aliphatic heterocycles. The smallest absolute Gasteiger partial charge is 0.257 e. The predicted octanol–water partition coefficient (Wildman–Crippen LogP) is 3.29. The zero-order chi connectivity index (χ0) is 18.5. The first-order chi connectivity index (χ1) is 12.5. The van der Waals surface area contributed by atoms with Crippen molar-refractivity contribution in [1.82, 2.24) is 10.3 Å². The SMILES string of the molecule is Cc1cccc(NC(=O)CNC(=O)CSc2nc3ccccc3o2)c1C. The zero-order valence-electron chi connectivity index (χ0n) is 14.5. The number of rotatable bonds is 6. The topological polar surface area (TPSA) is 84.2 Å². The van der Waals surface area contributed by atoms with Gasteiger partial charge >= 0.3 is 0 Å². The molecule has 0 saturated carbocycles. The van der Waals surface area contributed by atoms with Crippen molar-refractivity contribution in [2.24, 2.45) is 0 Å². The molecule has 1 aromatic heterocycles. The van der Waals surface area contributed by atoms with Crippen molar-refractivity contribution in [3.63, 3.8) is 0 Å². The van der Waals surface area contributed by atoms with E-state index in [1.165, 1.54) is 11.8 Å². The van der Waals surface area contributed by atoms with Crippen LogP contribution in [0.2, 0.25) is 0 Å². The average molecular weight is 369 g/mol. The molecule has 0 fully saturated rings. The number of thioether (sulfide) groups is 1. The van der Waals surface area contributed by atoms with E-state index in [1.807, 2.05) is 56.3 Å². The van der Waals surface area contributed by atoms with E-state index in [4.69, 9.17) is 4.42 Å². The first kappa shape index (κ1) is 18.0. The number of nitrogens with one attached hydrogen (secondary N) is 2. The van der Waals surface area contributed by atoms with Gasteiger partial charge in [-0.1, -0.05) is 36.0 Å². The van der Waals surface area contributed by atoms with Crippen LogP contribution in [0.25, 0.3) is 11.1 Å². The van der Waals surface area contributed by atoms with Crippen LogP contribution < -0.4 is 10.6 Å². The number of oxazole rings is 1. The molecule has 3 rings (SSSR count). The van der Waals surface area contributed by atoms with Crippen molar-refractivity contribution in [2.45, 2.75) is 19.1 Å². The van der Waals surface area contributed by atoms with Crippen LogP contribution in [0.5, 0.6) is 0 Å². The number of hydrogen-bond acceptors (Lipinski definition) is 5. The molecule has 2 N–H and O–H groups in total. The number of nitrogens with zero attached hydrogens (tertiary/aromatic N) is 1. The normalized spacial score (nSPS) is 10.7. The van der Waals surface area contributed by atoms with E-state index in [0.717, 1.165) is 22.3 Å². The van der Waals surface area contributed by atoms with Crippen LogP contribution >= 0.6 is 11.8 Å². The van der Waals surface area contributed by atoms with Crippen molar-refractivity contribution in [1.29, 1.82) is 0 Å². The molecule has 0 atom stereocenters. The Labute approximate surface area is 155 Å². The van der Waals surface area contributed by atoms with Gasteiger partial charge in [0.2, 0.25) is 11.8 Å². The standard InChI is InChI=1S/C19H19N3O3S/c1-12-6-5-8-14(13(12)2)21-17(23)10-20-18(24)11-26-19-22-15-7-3-4-9-16(15)25-19/h3-9H,10-11H2,1-2H3,(H,20,24)(H,21,23). The van der Waals surface area contributed by atoms with Gasteiger partial charge in [0.1, 0.15) is 5.52 Å². The highest BCUT2D eigenvalue weighted by Crippen LogP contribution is 2.22. The second-order valence-corrected chi connectivity index (χ2v) is 6.74. The first-order valence-corrected chi connectivity index (χ1v) is 9.12. The number of anilines is 1. The highest BCUT2D eigenvalue weighted by molar-refractivity contribution is 7.99. The highest BCUT2D eigenvalue weighted by Gasteiger charge is 2.11. The average Bonchev–Trinajstić information content (AvgIpc) is 3.05. The van der Waals surface area contributed by atoms with Crippen LogP contribution in [-0.4, -0.2) is 29.1 Å². The van der Waals surface area contributed by atoms with Crippen molar-refractivity contribution in [3.05, 3.63) is 53.6 Å². The summed E-state index contributed by atoms with van der Waals surface area (Å²) in [4.78, 5) is 28.2. The molecule has 0 bridgehead atoms. The summed E-state index contributed by atoms with van der Waals surface area (Å²) in [6, 6.07) is 13.1. The van der Waals surface area contributed by atoms with E-state index >= 15 is 0 Å². The van der Waals surface area contributed by atoms with Crippen molar-refractivity contribution in [2.75, 3.05) is 17.6 Å². The monoisotopic (exact) mass is 369 g/mol. The molecule has 0 aliphatic rings. The summed E-state index contributed by atoms with van der Waals surface area (Å²) in [5.74, 6) is -0.392. The molecule has 2 amide bonds. The zero-order valence-corrected chi connectivity index (χ0v) is 15.4. The van der Waals surface area contributed by atoms with Gasteiger partial charge in [0.15, 0.2) is 5.58 Å². The van der Waals surface area contributed by atoms with Gasteiger partial charge in [0.05, 0.1) is 12.3 Å². The Hall–Kier alpha value is -2.80. The lowest BCUT2D eigenvalue weighted by Gasteiger charge is -2.10. The fraction of sp³-hybridized carbons (Fsp3) is 0.211. The van der Waals surface area contributed by atoms with Crippen LogP contribution in [0.1, 0.15) is 11.1 Å². The van der Waals surface area contributed by atoms with Gasteiger partial charge in [-0.3, -0.25) is 9.59 Å². The van der Waals surface area contributed by atoms with Crippen LogP contribution in [0.15, 0.2) is 52.1 Å². The predicted molar refractivity (Wildman–Crippen MR) is 102 cm³/mol. The molecule has 26 heavy (non-hydrogen) atoms. The number of para-hydroxylation sites is 2. The molecule has 0 saturated heterocycles. The molecule has 7 heteroatoms. The molecular formula is C19H19N3O3S. The van der Waals surface area contributed by atoms with E-state index in [2.05, 4.69) is 15.6 Å². The second-order valence-electron chi connectivity index (χ2n) is 5.81. The van der Waals surface area contributed by atoms with Crippen LogP contribution in [0.3, 0.4) is 0 Å². The summed E-state index contributed by atoms with van der Waals surface area (Å²) < 4.78 is 5.54. The third kappa shape index (κ3) is 4.43. The molecule has 3 aromatic rings. The minimum absolute atomic E-state index is 0.0830. The lowest BCUT2D eigenvalue weighted by atomic mass is 10.1. The van der Waals surface area contributed by atoms with Crippen LogP contribution in [0.4, 0.5) is 5.69 Å². The molecule has 2 aromatic carbocycles. The van der Waals surface area contributed by atoms with E-state index in [9.17, 15) is 9.59 Å². The number of aromatic nitrogens is 1. The Kier molecular flexibility index (Phi) is 5.58. The van der Waals surface area contributed by atoms with Gasteiger partial charge in [-0.25, -0.2) is 4.98 Å². The number of benzene rings is 2. The summed E-state index contributed by atoms with van der Waals surface area (Å²) in [6.45, 7) is 3.84. The van der Waals surface area contributed by atoms with Gasteiger partial charge in [-0.05, 0) is 43.2 Å². The Morgan fingerprint density at radius 1 is 1.08 bits per heavy atom. The Morgan fingerprint density at radius 3 is 2.69 bits per heavy atom. The third-order valence-electron chi connectivity index (χ3n) is 3.93. The fourth-order valence-electron chi connectivity index (χ4n) is 2.35. The molecular weight excluding hydrogens is 350 g/mol. The summed E-state index contributed by atoms with van der Waals surface area (Å²) >= 11 is 1.19. The molecule has 6 nitrogen and oxygen atoms in total. The summed E-state index contributed by atoms with van der Waals surface area (Å²) in [6.07, 6.45) is 0. The van der Waals surface area contributed by atoms with E-state index in [-0.39, 0.29) is 24.1 Å². The van der Waals surface area contributed by atoms with Gasteiger partial charge in [-0.15, -0.1) is 0 Å². The number of hydrogen-bond donors (Lipinski definition) is 2. The lowest BCUT2D eigenvalue weighted by molar-refractivity contribution is -0.122. The maximum Gasteiger partial charge on any atom is 0.257 e. The maximum atomic E-state index is 12.0. The molecule has 134 valence electrons. The summed E-state index contributed by atoms with van der Waals surface area (Å²) in [5, 5.41) is 5.84. The van der Waals surface area contributed by atoms with Crippen LogP contribution in [-0.2, 0) is 9.59 Å². The van der Waals surface area contributed by atoms with E-state index < -0.39 is 0 Å². The Balaban J connectivity index is 1.46. The second kappa shape index (κ2) is 8.05. The Bertz CT molecular complexity index is 919. The van der Waals surface area contributed by atoms with Gasteiger partial charge in [-0.2, -0.15) is 0 Å². The van der Waals surface area contributed by atoms with Gasteiger partial charge < -0.3 is 15.1 Å². The minimum atomic E-state index is -0.265. The number of aryl methyl sites for hydroxylation is 1. The van der Waals surface area contributed by atoms with Gasteiger partial charge in [0, 0.05) is 5.69 Å². The Morgan fingerprint density at radius 2 is 1.88 bits per heavy atom. The van der Waals surface area contributed by atoms with Gasteiger partial charge in [0.25, 0.3) is 5.22 Å².